The summed E-state index contributed by atoms with van der Waals surface area (Å²) in [6.45, 7) is 6.55. The second kappa shape index (κ2) is 9.10. The SMILES string of the molecule is CCOC(=O)C(CCCCOc1cc(C)ccc1C)N=O. The third-order valence-electron chi connectivity index (χ3n) is 3.16. The van der Waals surface area contributed by atoms with Crippen molar-refractivity contribution in [3.8, 4) is 5.75 Å². The fourth-order valence-corrected chi connectivity index (χ4v) is 1.94. The lowest BCUT2D eigenvalue weighted by Gasteiger charge is -2.11. The van der Waals surface area contributed by atoms with Gasteiger partial charge in [-0.3, -0.25) is 0 Å². The van der Waals surface area contributed by atoms with Gasteiger partial charge < -0.3 is 9.47 Å². The first-order chi connectivity index (χ1) is 10.1. The molecule has 5 heteroatoms. The molecule has 0 amide bonds. The maximum atomic E-state index is 11.4. The molecule has 0 bridgehead atoms. The molecule has 0 aliphatic carbocycles. The maximum absolute atomic E-state index is 11.4. The molecule has 0 heterocycles. The van der Waals surface area contributed by atoms with Gasteiger partial charge in [-0.1, -0.05) is 17.3 Å². The molecular formula is C16H23NO4. The van der Waals surface area contributed by atoms with Crippen molar-refractivity contribution in [3.05, 3.63) is 34.2 Å². The van der Waals surface area contributed by atoms with Gasteiger partial charge >= 0.3 is 5.97 Å². The van der Waals surface area contributed by atoms with Crippen LogP contribution < -0.4 is 4.74 Å². The number of carbonyl (C=O) groups is 1. The summed E-state index contributed by atoms with van der Waals surface area (Å²) in [5.41, 5.74) is 2.25. The molecule has 0 spiro atoms. The van der Waals surface area contributed by atoms with E-state index in [1.165, 1.54) is 0 Å². The van der Waals surface area contributed by atoms with Gasteiger partial charge in [0.15, 0.2) is 6.04 Å². The first-order valence-electron chi connectivity index (χ1n) is 7.27. The van der Waals surface area contributed by atoms with Crippen LogP contribution in [-0.2, 0) is 9.53 Å². The standard InChI is InChI=1S/C16H23NO4/c1-4-20-16(18)14(17-19)7-5-6-10-21-15-11-12(2)8-9-13(15)3/h8-9,11,14H,4-7,10H2,1-3H3. The second-order valence-corrected chi connectivity index (χ2v) is 4.99. The summed E-state index contributed by atoms with van der Waals surface area (Å²) in [5.74, 6) is 0.341. The Kier molecular flexibility index (Phi) is 7.43. The summed E-state index contributed by atoms with van der Waals surface area (Å²) in [5, 5.41) is 2.82. The molecule has 0 aliphatic heterocycles. The predicted octanol–water partition coefficient (Wildman–Crippen LogP) is 3.55. The number of ether oxygens (including phenoxy) is 2. The summed E-state index contributed by atoms with van der Waals surface area (Å²) in [7, 11) is 0. The van der Waals surface area contributed by atoms with Gasteiger partial charge in [0.1, 0.15) is 5.75 Å². The van der Waals surface area contributed by atoms with Crippen molar-refractivity contribution in [1.82, 2.24) is 0 Å². The summed E-state index contributed by atoms with van der Waals surface area (Å²) in [6.07, 6.45) is 1.86. The fourth-order valence-electron chi connectivity index (χ4n) is 1.94. The molecular weight excluding hydrogens is 270 g/mol. The molecule has 1 atom stereocenters. The molecule has 116 valence electrons. The van der Waals surface area contributed by atoms with Gasteiger partial charge in [-0.2, -0.15) is 0 Å². The smallest absolute Gasteiger partial charge is 0.334 e. The Bertz CT molecular complexity index is 473. The van der Waals surface area contributed by atoms with Crippen LogP contribution in [0.25, 0.3) is 0 Å². The Balaban J connectivity index is 2.29. The monoisotopic (exact) mass is 293 g/mol. The molecule has 0 aliphatic rings. The lowest BCUT2D eigenvalue weighted by Crippen LogP contribution is -2.21. The zero-order chi connectivity index (χ0) is 15.7. The molecule has 1 unspecified atom stereocenters. The molecule has 0 saturated carbocycles. The minimum absolute atomic E-state index is 0.264. The number of carbonyl (C=O) groups excluding carboxylic acids is 1. The summed E-state index contributed by atoms with van der Waals surface area (Å²) < 4.78 is 10.5. The number of hydrogen-bond donors (Lipinski definition) is 0. The van der Waals surface area contributed by atoms with Gasteiger partial charge in [0.2, 0.25) is 0 Å². The highest BCUT2D eigenvalue weighted by molar-refractivity contribution is 5.75. The lowest BCUT2D eigenvalue weighted by atomic mass is 10.1. The topological polar surface area (TPSA) is 65.0 Å². The molecule has 1 aromatic rings. The Hall–Kier alpha value is -1.91. The first-order valence-corrected chi connectivity index (χ1v) is 7.27. The fraction of sp³-hybridized carbons (Fsp3) is 0.562. The van der Waals surface area contributed by atoms with Crippen LogP contribution in [0.1, 0.15) is 37.3 Å². The molecule has 0 saturated heterocycles. The highest BCUT2D eigenvalue weighted by Crippen LogP contribution is 2.19. The summed E-state index contributed by atoms with van der Waals surface area (Å²) in [6, 6.07) is 5.18. The quantitative estimate of drug-likeness (QED) is 0.397. The van der Waals surface area contributed by atoms with E-state index < -0.39 is 12.0 Å². The van der Waals surface area contributed by atoms with Crippen LogP contribution in [0.2, 0.25) is 0 Å². The molecule has 5 nitrogen and oxygen atoms in total. The van der Waals surface area contributed by atoms with E-state index in [0.717, 1.165) is 23.3 Å². The number of hydrogen-bond acceptors (Lipinski definition) is 5. The normalized spacial score (nSPS) is 11.8. The minimum Gasteiger partial charge on any atom is -0.493 e. The Morgan fingerprint density at radius 2 is 2.05 bits per heavy atom. The van der Waals surface area contributed by atoms with Crippen LogP contribution in [0.4, 0.5) is 0 Å². The number of benzene rings is 1. The lowest BCUT2D eigenvalue weighted by molar-refractivity contribution is -0.144. The molecule has 0 aromatic heterocycles. The van der Waals surface area contributed by atoms with E-state index >= 15 is 0 Å². The largest absolute Gasteiger partial charge is 0.493 e. The van der Waals surface area contributed by atoms with Crippen molar-refractivity contribution >= 4 is 5.97 Å². The van der Waals surface area contributed by atoms with E-state index in [-0.39, 0.29) is 6.61 Å². The van der Waals surface area contributed by atoms with Crippen molar-refractivity contribution in [2.75, 3.05) is 13.2 Å². The maximum Gasteiger partial charge on any atom is 0.334 e. The van der Waals surface area contributed by atoms with E-state index in [2.05, 4.69) is 5.18 Å². The van der Waals surface area contributed by atoms with Gasteiger partial charge in [0.05, 0.1) is 13.2 Å². The number of unbranched alkanes of at least 4 members (excludes halogenated alkanes) is 1. The molecule has 21 heavy (non-hydrogen) atoms. The van der Waals surface area contributed by atoms with Gasteiger partial charge in [-0.05, 0) is 57.2 Å². The van der Waals surface area contributed by atoms with Crippen LogP contribution >= 0.6 is 0 Å². The number of nitroso groups, excluding NO2 is 1. The third kappa shape index (κ3) is 5.94. The van der Waals surface area contributed by atoms with Crippen molar-refractivity contribution < 1.29 is 14.3 Å². The van der Waals surface area contributed by atoms with Crippen molar-refractivity contribution in [1.29, 1.82) is 0 Å². The number of aryl methyl sites for hydroxylation is 2. The average molecular weight is 293 g/mol. The number of nitrogens with zero attached hydrogens (tertiary/aromatic N) is 1. The molecule has 0 fully saturated rings. The minimum atomic E-state index is -0.898. The van der Waals surface area contributed by atoms with Crippen LogP contribution in [0.3, 0.4) is 0 Å². The third-order valence-corrected chi connectivity index (χ3v) is 3.16. The average Bonchev–Trinajstić information content (AvgIpc) is 2.46. The highest BCUT2D eigenvalue weighted by atomic mass is 16.5. The zero-order valence-corrected chi connectivity index (χ0v) is 12.9. The summed E-state index contributed by atoms with van der Waals surface area (Å²) in [4.78, 5) is 22.0. The van der Waals surface area contributed by atoms with E-state index in [1.54, 1.807) is 6.92 Å². The van der Waals surface area contributed by atoms with Crippen molar-refractivity contribution in [3.63, 3.8) is 0 Å². The van der Waals surface area contributed by atoms with E-state index in [0.29, 0.717) is 19.4 Å². The van der Waals surface area contributed by atoms with Crippen LogP contribution in [0.5, 0.6) is 5.75 Å². The highest BCUT2D eigenvalue weighted by Gasteiger charge is 2.19. The van der Waals surface area contributed by atoms with Gasteiger partial charge in [-0.25, -0.2) is 4.79 Å². The Morgan fingerprint density at radius 3 is 2.71 bits per heavy atom. The molecule has 0 N–H and O–H groups in total. The number of esters is 1. The van der Waals surface area contributed by atoms with Gasteiger partial charge in [-0.15, -0.1) is 4.91 Å². The summed E-state index contributed by atoms with van der Waals surface area (Å²) >= 11 is 0. The Labute approximate surface area is 125 Å². The van der Waals surface area contributed by atoms with Crippen molar-refractivity contribution in [2.45, 2.75) is 46.1 Å². The molecule has 1 rings (SSSR count). The van der Waals surface area contributed by atoms with E-state index in [9.17, 15) is 9.70 Å². The van der Waals surface area contributed by atoms with E-state index in [1.807, 2.05) is 32.0 Å². The predicted molar refractivity (Wildman–Crippen MR) is 81.5 cm³/mol. The van der Waals surface area contributed by atoms with Crippen LogP contribution in [0.15, 0.2) is 23.4 Å². The van der Waals surface area contributed by atoms with Gasteiger partial charge in [0.25, 0.3) is 0 Å². The molecule has 0 radical (unpaired) electrons. The van der Waals surface area contributed by atoms with Crippen LogP contribution in [0, 0.1) is 18.8 Å². The van der Waals surface area contributed by atoms with Gasteiger partial charge in [0, 0.05) is 0 Å². The van der Waals surface area contributed by atoms with Crippen molar-refractivity contribution in [2.24, 2.45) is 5.18 Å². The van der Waals surface area contributed by atoms with Crippen LogP contribution in [-0.4, -0.2) is 25.2 Å². The zero-order valence-electron chi connectivity index (χ0n) is 12.9. The first kappa shape index (κ1) is 17.1. The van der Waals surface area contributed by atoms with E-state index in [4.69, 9.17) is 9.47 Å². The Morgan fingerprint density at radius 1 is 1.29 bits per heavy atom. The molecule has 1 aromatic carbocycles. The second-order valence-electron chi connectivity index (χ2n) is 4.99. The number of rotatable bonds is 9.